The molecule has 33 heavy (non-hydrogen) atoms. The van der Waals surface area contributed by atoms with Crippen LogP contribution in [0, 0.1) is 6.92 Å². The molecule has 12 nitrogen and oxygen atoms in total. The highest BCUT2D eigenvalue weighted by molar-refractivity contribution is 6.00. The number of aromatic nitrogens is 5. The Hall–Kier alpha value is -3.35. The molecule has 0 bridgehead atoms. The number of carbonyl (C=O) groups excluding carboxylic acids is 1. The normalized spacial score (nSPS) is 16.9. The molecular weight excluding hydrogens is 426 g/mol. The first-order valence-corrected chi connectivity index (χ1v) is 11.0. The number of carbonyl (C=O) groups is 1. The summed E-state index contributed by atoms with van der Waals surface area (Å²) >= 11 is 0. The van der Waals surface area contributed by atoms with Crippen molar-refractivity contribution in [2.45, 2.75) is 6.92 Å². The van der Waals surface area contributed by atoms with Gasteiger partial charge in [-0.05, 0) is 19.1 Å². The Morgan fingerprint density at radius 1 is 0.939 bits per heavy atom. The Morgan fingerprint density at radius 3 is 2.09 bits per heavy atom. The quantitative estimate of drug-likeness (QED) is 0.547. The molecule has 0 saturated carbocycles. The van der Waals surface area contributed by atoms with Crippen molar-refractivity contribution in [3.05, 3.63) is 24.0 Å². The molecule has 2 aliphatic rings. The number of aryl methyl sites for hydroxylation is 1. The number of benzene rings is 1. The Balaban J connectivity index is 1.62. The average molecular weight is 454 g/mol. The van der Waals surface area contributed by atoms with Crippen LogP contribution in [-0.4, -0.2) is 89.6 Å². The van der Waals surface area contributed by atoms with Crippen molar-refractivity contribution in [1.29, 1.82) is 0 Å². The van der Waals surface area contributed by atoms with Crippen molar-refractivity contribution < 1.29 is 14.3 Å². The van der Waals surface area contributed by atoms with Crippen molar-refractivity contribution in [2.75, 3.05) is 74.3 Å². The molecule has 174 valence electrons. The highest BCUT2D eigenvalue weighted by atomic mass is 16.5. The van der Waals surface area contributed by atoms with Crippen LogP contribution >= 0.6 is 0 Å². The summed E-state index contributed by atoms with van der Waals surface area (Å²) < 4.78 is 12.9. The molecule has 1 aromatic carbocycles. The van der Waals surface area contributed by atoms with Gasteiger partial charge in [0.05, 0.1) is 44.2 Å². The molecule has 3 aromatic rings. The molecular formula is C21H27N9O3. The van der Waals surface area contributed by atoms with Gasteiger partial charge in [-0.2, -0.15) is 15.0 Å². The number of ether oxygens (including phenoxy) is 2. The number of nitrogens with one attached hydrogen (secondary N) is 1. The third-order valence-corrected chi connectivity index (χ3v) is 5.70. The van der Waals surface area contributed by atoms with Crippen molar-refractivity contribution in [3.63, 3.8) is 0 Å². The van der Waals surface area contributed by atoms with Crippen LogP contribution in [0.4, 0.5) is 17.6 Å². The molecule has 1 amide bonds. The highest BCUT2D eigenvalue weighted by Crippen LogP contribution is 2.27. The monoisotopic (exact) mass is 453 g/mol. The van der Waals surface area contributed by atoms with E-state index in [1.54, 1.807) is 6.07 Å². The second-order valence-corrected chi connectivity index (χ2v) is 7.85. The molecule has 0 radical (unpaired) electrons. The van der Waals surface area contributed by atoms with Gasteiger partial charge < -0.3 is 30.3 Å². The molecule has 0 aliphatic carbocycles. The van der Waals surface area contributed by atoms with Gasteiger partial charge in [0.25, 0.3) is 0 Å². The molecule has 4 heterocycles. The molecule has 2 aromatic heterocycles. The number of anilines is 3. The molecule has 2 saturated heterocycles. The van der Waals surface area contributed by atoms with Crippen LogP contribution in [0.2, 0.25) is 0 Å². The van der Waals surface area contributed by atoms with Gasteiger partial charge in [0.2, 0.25) is 23.8 Å². The lowest BCUT2D eigenvalue weighted by Gasteiger charge is -2.30. The summed E-state index contributed by atoms with van der Waals surface area (Å²) in [4.78, 5) is 35.2. The zero-order chi connectivity index (χ0) is 22.8. The summed E-state index contributed by atoms with van der Waals surface area (Å²) in [5.74, 6) is 2.12. The molecule has 2 fully saturated rings. The molecule has 12 heteroatoms. The number of nitrogens with zero attached hydrogens (tertiary/aromatic N) is 7. The first kappa shape index (κ1) is 21.5. The lowest BCUT2D eigenvalue weighted by molar-refractivity contribution is -0.114. The maximum atomic E-state index is 11.9. The van der Waals surface area contributed by atoms with Crippen molar-refractivity contribution in [2.24, 2.45) is 5.73 Å². The minimum Gasteiger partial charge on any atom is -0.378 e. The van der Waals surface area contributed by atoms with E-state index >= 15 is 0 Å². The number of fused-ring (bicyclic) bond motifs is 1. The van der Waals surface area contributed by atoms with Gasteiger partial charge in [0.15, 0.2) is 0 Å². The van der Waals surface area contributed by atoms with Crippen LogP contribution in [0.15, 0.2) is 18.2 Å². The number of rotatable bonds is 5. The molecule has 0 spiro atoms. The van der Waals surface area contributed by atoms with Gasteiger partial charge in [-0.25, -0.2) is 4.98 Å². The van der Waals surface area contributed by atoms with Crippen LogP contribution < -0.4 is 20.9 Å². The van der Waals surface area contributed by atoms with E-state index in [-0.39, 0.29) is 12.5 Å². The molecule has 0 atom stereocenters. The predicted octanol–water partition coefficient (Wildman–Crippen LogP) is 0.0893. The zero-order valence-electron chi connectivity index (χ0n) is 18.5. The fourth-order valence-corrected chi connectivity index (χ4v) is 4.02. The average Bonchev–Trinajstić information content (AvgIpc) is 3.21. The van der Waals surface area contributed by atoms with E-state index in [1.165, 1.54) is 0 Å². The van der Waals surface area contributed by atoms with Crippen molar-refractivity contribution in [3.8, 4) is 5.95 Å². The number of nitrogens with two attached hydrogens (primary N) is 1. The van der Waals surface area contributed by atoms with Gasteiger partial charge in [0, 0.05) is 26.2 Å². The third kappa shape index (κ3) is 4.32. The Kier molecular flexibility index (Phi) is 6.03. The van der Waals surface area contributed by atoms with Crippen molar-refractivity contribution >= 4 is 34.5 Å². The highest BCUT2D eigenvalue weighted by Gasteiger charge is 2.23. The number of para-hydroxylation sites is 1. The molecule has 0 unspecified atom stereocenters. The minimum atomic E-state index is -0.279. The maximum absolute atomic E-state index is 11.9. The molecule has 3 N–H and O–H groups in total. The summed E-state index contributed by atoms with van der Waals surface area (Å²) in [7, 11) is 0. The van der Waals surface area contributed by atoms with E-state index in [0.29, 0.717) is 87.5 Å². The summed E-state index contributed by atoms with van der Waals surface area (Å²) in [5, 5.41) is 2.82. The van der Waals surface area contributed by atoms with Crippen LogP contribution in [0.3, 0.4) is 0 Å². The van der Waals surface area contributed by atoms with Gasteiger partial charge in [-0.3, -0.25) is 9.36 Å². The number of morpholine rings is 2. The van der Waals surface area contributed by atoms with Crippen molar-refractivity contribution in [1.82, 2.24) is 24.5 Å². The largest absolute Gasteiger partial charge is 0.378 e. The zero-order valence-corrected chi connectivity index (χ0v) is 18.5. The second-order valence-electron chi connectivity index (χ2n) is 7.85. The fraction of sp³-hybridized carbons (Fsp3) is 0.476. The topological polar surface area (TPSA) is 137 Å². The third-order valence-electron chi connectivity index (χ3n) is 5.70. The summed E-state index contributed by atoms with van der Waals surface area (Å²) in [6.45, 7) is 7.16. The van der Waals surface area contributed by atoms with Gasteiger partial charge in [-0.15, -0.1) is 0 Å². The van der Waals surface area contributed by atoms with Crippen LogP contribution in [0.5, 0.6) is 0 Å². The number of imidazole rings is 1. The van der Waals surface area contributed by atoms with E-state index in [0.717, 1.165) is 5.52 Å². The van der Waals surface area contributed by atoms with E-state index < -0.39 is 0 Å². The summed E-state index contributed by atoms with van der Waals surface area (Å²) in [6, 6.07) is 5.59. The Labute approximate surface area is 190 Å². The lowest BCUT2D eigenvalue weighted by Crippen LogP contribution is -2.40. The van der Waals surface area contributed by atoms with Gasteiger partial charge >= 0.3 is 0 Å². The fourth-order valence-electron chi connectivity index (χ4n) is 4.02. The Morgan fingerprint density at radius 2 is 1.52 bits per heavy atom. The Bertz CT molecular complexity index is 1120. The number of amides is 1. The molecule has 5 rings (SSSR count). The minimum absolute atomic E-state index is 0.102. The standard InChI is InChI=1S/C21H27N9O3/c1-14-23-18-15(24-17(31)13-22)3-2-4-16(18)30(14)21-26-19(28-5-9-32-10-6-28)25-20(27-21)29-7-11-33-12-8-29/h2-4H,5-13,22H2,1H3,(H,24,31). The first-order valence-electron chi connectivity index (χ1n) is 11.0. The van der Waals surface area contributed by atoms with Crippen LogP contribution in [-0.2, 0) is 14.3 Å². The predicted molar refractivity (Wildman–Crippen MR) is 123 cm³/mol. The van der Waals surface area contributed by atoms with E-state index in [1.807, 2.05) is 23.6 Å². The summed E-state index contributed by atoms with van der Waals surface area (Å²) in [5.41, 5.74) is 7.51. The van der Waals surface area contributed by atoms with Gasteiger partial charge in [0.1, 0.15) is 11.3 Å². The smallest absolute Gasteiger partial charge is 0.242 e. The van der Waals surface area contributed by atoms with Gasteiger partial charge in [-0.1, -0.05) is 6.07 Å². The summed E-state index contributed by atoms with van der Waals surface area (Å²) in [6.07, 6.45) is 0. The lowest BCUT2D eigenvalue weighted by atomic mass is 10.2. The maximum Gasteiger partial charge on any atom is 0.242 e. The van der Waals surface area contributed by atoms with E-state index in [4.69, 9.17) is 35.1 Å². The second kappa shape index (κ2) is 9.25. The number of hydrogen-bond acceptors (Lipinski definition) is 10. The molecule has 2 aliphatic heterocycles. The first-order chi connectivity index (χ1) is 16.1. The van der Waals surface area contributed by atoms with Crippen LogP contribution in [0.25, 0.3) is 17.0 Å². The van der Waals surface area contributed by atoms with Crippen LogP contribution in [0.1, 0.15) is 5.82 Å². The van der Waals surface area contributed by atoms with E-state index in [9.17, 15) is 4.79 Å². The number of hydrogen-bond donors (Lipinski definition) is 2. The van der Waals surface area contributed by atoms with E-state index in [2.05, 4.69) is 15.1 Å². The SMILES string of the molecule is Cc1nc2c(NC(=O)CN)cccc2n1-c1nc(N2CCOCC2)nc(N2CCOCC2)n1.